The summed E-state index contributed by atoms with van der Waals surface area (Å²) in [6.07, 6.45) is -1.42. The first-order valence-electron chi connectivity index (χ1n) is 5.63. The molecule has 0 saturated carbocycles. The molecule has 0 bridgehead atoms. The molecule has 0 atom stereocenters. The Balaban J connectivity index is 4.43. The monoisotopic (exact) mass is 365 g/mol. The first-order chi connectivity index (χ1) is 9.31. The summed E-state index contributed by atoms with van der Waals surface area (Å²) in [4.78, 5) is 57.2. The van der Waals surface area contributed by atoms with Crippen molar-refractivity contribution in [1.82, 2.24) is 5.32 Å². The number of thiol groups is 1. The topological polar surface area (TPSA) is 181 Å². The number of rotatable bonds is 9. The van der Waals surface area contributed by atoms with Gasteiger partial charge in [0, 0.05) is 25.8 Å². The molecule has 1 amide bonds. The summed E-state index contributed by atoms with van der Waals surface area (Å²) in [7, 11) is -10.9. The van der Waals surface area contributed by atoms with Crippen molar-refractivity contribution in [3.8, 4) is 0 Å². The molecular weight excluding hydrogens is 348 g/mol. The van der Waals surface area contributed by atoms with Crippen LogP contribution in [0.15, 0.2) is 0 Å². The fraction of sp³-hybridized carbons (Fsp3) is 0.750. The Bertz CT molecular complexity index is 462. The van der Waals surface area contributed by atoms with Gasteiger partial charge in [-0.15, -0.1) is 12.6 Å². The lowest BCUT2D eigenvalue weighted by atomic mass is 10.3. The van der Waals surface area contributed by atoms with E-state index in [0.29, 0.717) is 0 Å². The number of amides is 1. The largest absolute Gasteiger partial charge is 0.369 e. The first kappa shape index (κ1) is 20.8. The number of aliphatic hydroxyl groups is 1. The molecular formula is C8H17NO9P2S. The second-order valence-corrected chi connectivity index (χ2v) is 8.72. The zero-order valence-electron chi connectivity index (χ0n) is 10.7. The van der Waals surface area contributed by atoms with Crippen molar-refractivity contribution >= 4 is 38.8 Å². The zero-order valence-corrected chi connectivity index (χ0v) is 13.4. The summed E-state index contributed by atoms with van der Waals surface area (Å²) in [6, 6.07) is 0. The molecule has 0 heterocycles. The second kappa shape index (κ2) is 7.85. The molecule has 124 valence electrons. The summed E-state index contributed by atoms with van der Waals surface area (Å²) in [5, 5.41) is 7.84. The quantitative estimate of drug-likeness (QED) is 0.155. The van der Waals surface area contributed by atoms with Crippen LogP contribution in [0.25, 0.3) is 0 Å². The van der Waals surface area contributed by atoms with Crippen LogP contribution in [0.2, 0.25) is 0 Å². The molecule has 0 rings (SSSR count). The van der Waals surface area contributed by atoms with Crippen LogP contribution in [0.3, 0.4) is 0 Å². The second-order valence-electron chi connectivity index (χ2n) is 4.21. The van der Waals surface area contributed by atoms with Crippen LogP contribution < -0.4 is 5.32 Å². The van der Waals surface area contributed by atoms with E-state index in [4.69, 9.17) is 19.6 Å². The van der Waals surface area contributed by atoms with E-state index in [-0.39, 0.29) is 25.8 Å². The van der Waals surface area contributed by atoms with Crippen LogP contribution in [-0.2, 0) is 18.7 Å². The van der Waals surface area contributed by atoms with Crippen molar-refractivity contribution in [3.63, 3.8) is 0 Å². The molecule has 0 aliphatic heterocycles. The van der Waals surface area contributed by atoms with Gasteiger partial charge in [-0.05, 0) is 6.42 Å². The van der Waals surface area contributed by atoms with E-state index < -0.39 is 37.7 Å². The number of hydrogen-bond acceptors (Lipinski definition) is 5. The molecule has 10 nitrogen and oxygen atoms in total. The third-order valence-corrected chi connectivity index (χ3v) is 6.61. The van der Waals surface area contributed by atoms with Gasteiger partial charge in [0.2, 0.25) is 5.91 Å². The van der Waals surface area contributed by atoms with Crippen molar-refractivity contribution in [2.75, 3.05) is 6.54 Å². The van der Waals surface area contributed by atoms with Gasteiger partial charge in [-0.2, -0.15) is 0 Å². The van der Waals surface area contributed by atoms with Crippen molar-refractivity contribution in [2.24, 2.45) is 0 Å². The van der Waals surface area contributed by atoms with Gasteiger partial charge in [0.15, 0.2) is 5.12 Å². The minimum Gasteiger partial charge on any atom is -0.368 e. The molecule has 0 spiro atoms. The Hall–Kier alpha value is -0.250. The van der Waals surface area contributed by atoms with Crippen LogP contribution in [0.1, 0.15) is 25.7 Å². The summed E-state index contributed by atoms with van der Waals surface area (Å²) in [5.74, 6) is -0.534. The predicted molar refractivity (Wildman–Crippen MR) is 74.5 cm³/mol. The number of carbonyl (C=O) groups is 2. The Morgan fingerprint density at radius 3 is 1.90 bits per heavy atom. The maximum atomic E-state index is 11.2. The van der Waals surface area contributed by atoms with Crippen molar-refractivity contribution < 1.29 is 43.4 Å². The van der Waals surface area contributed by atoms with E-state index in [1.807, 2.05) is 0 Å². The minimum atomic E-state index is -5.47. The Kier molecular flexibility index (Phi) is 7.75. The molecule has 0 saturated heterocycles. The molecule has 0 aromatic carbocycles. The van der Waals surface area contributed by atoms with Gasteiger partial charge in [-0.3, -0.25) is 18.7 Å². The normalized spacial score (nSPS) is 13.0. The highest BCUT2D eigenvalue weighted by Gasteiger charge is 2.58. The fourth-order valence-corrected chi connectivity index (χ4v) is 3.69. The van der Waals surface area contributed by atoms with Crippen LogP contribution in [0.5, 0.6) is 0 Å². The van der Waals surface area contributed by atoms with Gasteiger partial charge in [0.05, 0.1) is 0 Å². The van der Waals surface area contributed by atoms with Gasteiger partial charge in [-0.1, -0.05) is 0 Å². The highest BCUT2D eigenvalue weighted by Crippen LogP contribution is 2.69. The van der Waals surface area contributed by atoms with Gasteiger partial charge in [0.1, 0.15) is 0 Å². The summed E-state index contributed by atoms with van der Waals surface area (Å²) >= 11 is 3.46. The van der Waals surface area contributed by atoms with Crippen LogP contribution in [0.4, 0.5) is 0 Å². The maximum absolute atomic E-state index is 11.2. The first-order valence-corrected chi connectivity index (χ1v) is 9.30. The molecule has 0 aliphatic carbocycles. The molecule has 0 radical (unpaired) electrons. The summed E-state index contributed by atoms with van der Waals surface area (Å²) in [5.41, 5.74) is 0. The Morgan fingerprint density at radius 2 is 1.52 bits per heavy atom. The lowest BCUT2D eigenvalue weighted by molar-refractivity contribution is -0.123. The van der Waals surface area contributed by atoms with Gasteiger partial charge in [0.25, 0.3) is 5.08 Å². The Labute approximate surface area is 125 Å². The van der Waals surface area contributed by atoms with Crippen molar-refractivity contribution in [1.29, 1.82) is 0 Å². The van der Waals surface area contributed by atoms with Gasteiger partial charge < -0.3 is 30.0 Å². The molecule has 21 heavy (non-hydrogen) atoms. The average Bonchev–Trinajstić information content (AvgIpc) is 2.28. The zero-order chi connectivity index (χ0) is 16.9. The van der Waals surface area contributed by atoms with Gasteiger partial charge in [-0.25, -0.2) is 0 Å². The van der Waals surface area contributed by atoms with Crippen LogP contribution in [0, 0.1) is 0 Å². The SMILES string of the molecule is O=C(S)CCC(=O)NCCCC(O)(P(=O)(O)O)P(=O)(O)O. The van der Waals surface area contributed by atoms with E-state index in [1.165, 1.54) is 0 Å². The van der Waals surface area contributed by atoms with Gasteiger partial charge >= 0.3 is 15.2 Å². The summed E-state index contributed by atoms with van der Waals surface area (Å²) < 4.78 is 22.0. The highest BCUT2D eigenvalue weighted by atomic mass is 32.1. The van der Waals surface area contributed by atoms with Crippen molar-refractivity contribution in [2.45, 2.75) is 30.8 Å². The van der Waals surface area contributed by atoms with Crippen LogP contribution >= 0.6 is 27.8 Å². The van der Waals surface area contributed by atoms with E-state index in [1.54, 1.807) is 0 Å². The fourth-order valence-electron chi connectivity index (χ4n) is 1.32. The van der Waals surface area contributed by atoms with E-state index in [9.17, 15) is 23.8 Å². The lowest BCUT2D eigenvalue weighted by Gasteiger charge is -2.29. The standard InChI is InChI=1S/C8H17NO9P2S/c10-6(2-3-7(11)21)9-5-1-4-8(12,19(13,14)15)20(16,17)18/h12H,1-5H2,(H,9,10)(H,11,21)(H2,13,14,15)(H2,16,17,18). The molecule has 6 N–H and O–H groups in total. The third kappa shape index (κ3) is 6.58. The predicted octanol–water partition coefficient (Wildman–Crippen LogP) is -0.879. The minimum absolute atomic E-state index is 0.0934. The van der Waals surface area contributed by atoms with E-state index >= 15 is 0 Å². The molecule has 13 heteroatoms. The Morgan fingerprint density at radius 1 is 1.05 bits per heavy atom. The highest BCUT2D eigenvalue weighted by molar-refractivity contribution is 7.96. The molecule has 0 aromatic rings. The van der Waals surface area contributed by atoms with Crippen LogP contribution in [-0.4, -0.2) is 47.3 Å². The number of carbonyl (C=O) groups excluding carboxylic acids is 2. The number of nitrogens with one attached hydrogen (secondary N) is 1. The lowest BCUT2D eigenvalue weighted by Crippen LogP contribution is -2.31. The average molecular weight is 365 g/mol. The van der Waals surface area contributed by atoms with E-state index in [2.05, 4.69) is 17.9 Å². The number of hydrogen-bond donors (Lipinski definition) is 7. The smallest absolute Gasteiger partial charge is 0.368 e. The third-order valence-electron chi connectivity index (χ3n) is 2.51. The van der Waals surface area contributed by atoms with E-state index in [0.717, 1.165) is 0 Å². The maximum Gasteiger partial charge on any atom is 0.369 e. The molecule has 0 aliphatic rings. The molecule has 0 fully saturated rings. The van der Waals surface area contributed by atoms with Crippen molar-refractivity contribution in [3.05, 3.63) is 0 Å². The molecule has 0 aromatic heterocycles. The summed E-state index contributed by atoms with van der Waals surface area (Å²) in [6.45, 7) is -0.179. The molecule has 0 unspecified atom stereocenters.